The number of carbonyl (C=O) groups excluding carboxylic acids is 1. The maximum Gasteiger partial charge on any atom is 0.254 e. The topological polar surface area (TPSA) is 44.4 Å². The predicted octanol–water partition coefficient (Wildman–Crippen LogP) is 3.04. The molecule has 2 aromatic carbocycles. The number of hydrazine groups is 1. The van der Waals surface area contributed by atoms with Crippen LogP contribution in [0, 0.1) is 17.5 Å². The van der Waals surface area contributed by atoms with Crippen LogP contribution >= 0.6 is 0 Å². The highest BCUT2D eigenvalue weighted by Gasteiger charge is 2.19. The highest BCUT2D eigenvalue weighted by atomic mass is 19.2. The Bertz CT molecular complexity index is 813. The van der Waals surface area contributed by atoms with E-state index in [0.29, 0.717) is 23.4 Å². The van der Waals surface area contributed by atoms with Crippen LogP contribution in [0.15, 0.2) is 48.2 Å². The molecule has 0 aromatic heterocycles. The Morgan fingerprint density at radius 1 is 1.17 bits per heavy atom. The minimum absolute atomic E-state index is 0.137. The molecule has 1 aliphatic heterocycles. The van der Waals surface area contributed by atoms with Gasteiger partial charge >= 0.3 is 0 Å². The van der Waals surface area contributed by atoms with Crippen LogP contribution in [0.25, 0.3) is 11.1 Å². The Balaban J connectivity index is 1.93. The van der Waals surface area contributed by atoms with E-state index < -0.39 is 17.5 Å². The van der Waals surface area contributed by atoms with Crippen LogP contribution in [-0.2, 0) is 4.79 Å². The summed E-state index contributed by atoms with van der Waals surface area (Å²) in [5.74, 6) is -4.42. The van der Waals surface area contributed by atoms with Gasteiger partial charge in [-0.2, -0.15) is 0 Å². The highest BCUT2D eigenvalue weighted by molar-refractivity contribution is 6.06. The van der Waals surface area contributed by atoms with E-state index in [0.717, 1.165) is 12.1 Å². The van der Waals surface area contributed by atoms with Crippen molar-refractivity contribution in [1.29, 1.82) is 0 Å². The lowest BCUT2D eigenvalue weighted by Gasteiger charge is -2.12. The second kappa shape index (κ2) is 6.37. The summed E-state index contributed by atoms with van der Waals surface area (Å²) in [6, 6.07) is 8.34. The van der Waals surface area contributed by atoms with Gasteiger partial charge in [-0.15, -0.1) is 0 Å². The SMILES string of the molecule is CN1CC(C(=O)Nc2ccccc2-c2cc(F)c(F)c(F)c2)=CN1. The lowest BCUT2D eigenvalue weighted by atomic mass is 10.0. The zero-order chi connectivity index (χ0) is 17.3. The number of nitrogens with zero attached hydrogens (tertiary/aromatic N) is 1. The van der Waals surface area contributed by atoms with Crippen LogP contribution in [0.4, 0.5) is 18.9 Å². The molecule has 2 aromatic rings. The average molecular weight is 333 g/mol. The maximum absolute atomic E-state index is 13.5. The molecule has 7 heteroatoms. The monoisotopic (exact) mass is 333 g/mol. The third kappa shape index (κ3) is 3.11. The molecule has 0 fully saturated rings. The fraction of sp³-hybridized carbons (Fsp3) is 0.118. The maximum atomic E-state index is 13.5. The van der Waals surface area contributed by atoms with Crippen molar-refractivity contribution >= 4 is 11.6 Å². The van der Waals surface area contributed by atoms with Crippen molar-refractivity contribution < 1.29 is 18.0 Å². The average Bonchev–Trinajstić information content (AvgIpc) is 2.99. The van der Waals surface area contributed by atoms with Crippen molar-refractivity contribution in [1.82, 2.24) is 10.4 Å². The number of anilines is 1. The van der Waals surface area contributed by atoms with Crippen molar-refractivity contribution in [3.05, 3.63) is 65.6 Å². The quantitative estimate of drug-likeness (QED) is 0.849. The third-order valence-electron chi connectivity index (χ3n) is 3.63. The van der Waals surface area contributed by atoms with Crippen LogP contribution in [0.3, 0.4) is 0 Å². The Morgan fingerprint density at radius 2 is 1.83 bits per heavy atom. The van der Waals surface area contributed by atoms with Gasteiger partial charge in [0.25, 0.3) is 5.91 Å². The number of carbonyl (C=O) groups is 1. The molecule has 0 aliphatic carbocycles. The van der Waals surface area contributed by atoms with Crippen LogP contribution in [0.1, 0.15) is 0 Å². The Morgan fingerprint density at radius 3 is 2.46 bits per heavy atom. The van der Waals surface area contributed by atoms with Gasteiger partial charge in [-0.25, -0.2) is 18.2 Å². The fourth-order valence-corrected chi connectivity index (χ4v) is 2.43. The fourth-order valence-electron chi connectivity index (χ4n) is 2.43. The molecule has 0 saturated carbocycles. The van der Waals surface area contributed by atoms with E-state index in [-0.39, 0.29) is 11.5 Å². The van der Waals surface area contributed by atoms with Crippen LogP contribution in [0.2, 0.25) is 0 Å². The molecule has 124 valence electrons. The summed E-state index contributed by atoms with van der Waals surface area (Å²) in [4.78, 5) is 12.3. The first kappa shape index (κ1) is 16.1. The minimum Gasteiger partial charge on any atom is -0.326 e. The molecule has 0 bridgehead atoms. The van der Waals surface area contributed by atoms with Crippen LogP contribution < -0.4 is 10.7 Å². The number of hydrogen-bond acceptors (Lipinski definition) is 3. The summed E-state index contributed by atoms with van der Waals surface area (Å²) < 4.78 is 40.1. The van der Waals surface area contributed by atoms with Crippen molar-refractivity contribution in [2.24, 2.45) is 0 Å². The van der Waals surface area contributed by atoms with Gasteiger partial charge in [0.15, 0.2) is 17.5 Å². The Kier molecular flexibility index (Phi) is 4.26. The lowest BCUT2D eigenvalue weighted by Crippen LogP contribution is -2.26. The molecule has 24 heavy (non-hydrogen) atoms. The first-order valence-electron chi connectivity index (χ1n) is 7.17. The second-order valence-electron chi connectivity index (χ2n) is 5.41. The van der Waals surface area contributed by atoms with E-state index >= 15 is 0 Å². The zero-order valence-corrected chi connectivity index (χ0v) is 12.7. The van der Waals surface area contributed by atoms with Gasteiger partial charge in [-0.05, 0) is 23.8 Å². The Hall–Kier alpha value is -2.80. The van der Waals surface area contributed by atoms with E-state index in [4.69, 9.17) is 0 Å². The van der Waals surface area contributed by atoms with Gasteiger partial charge in [0.05, 0.1) is 5.57 Å². The predicted molar refractivity (Wildman–Crippen MR) is 84.2 cm³/mol. The number of rotatable bonds is 3. The molecule has 0 saturated heterocycles. The largest absolute Gasteiger partial charge is 0.326 e. The first-order chi connectivity index (χ1) is 11.5. The standard InChI is InChI=1S/C17H14F3N3O/c1-23-9-11(8-21-23)17(24)22-15-5-3-2-4-12(15)10-6-13(18)16(20)14(19)7-10/h2-8,21H,9H2,1H3,(H,22,24). The number of para-hydroxylation sites is 1. The van der Waals surface area contributed by atoms with Gasteiger partial charge in [-0.3, -0.25) is 4.79 Å². The molecule has 2 N–H and O–H groups in total. The Labute approximate surface area is 136 Å². The molecular weight excluding hydrogens is 319 g/mol. The number of hydrogen-bond donors (Lipinski definition) is 2. The normalized spacial score (nSPS) is 14.2. The van der Waals surface area contributed by atoms with Crippen molar-refractivity contribution in [2.45, 2.75) is 0 Å². The van der Waals surface area contributed by atoms with Crippen molar-refractivity contribution in [2.75, 3.05) is 18.9 Å². The van der Waals surface area contributed by atoms with E-state index in [2.05, 4.69) is 10.7 Å². The minimum atomic E-state index is -1.52. The molecule has 4 nitrogen and oxygen atoms in total. The molecular formula is C17H14F3N3O. The van der Waals surface area contributed by atoms with E-state index in [1.807, 2.05) is 0 Å². The highest BCUT2D eigenvalue weighted by Crippen LogP contribution is 2.30. The number of likely N-dealkylation sites (N-methyl/N-ethyl adjacent to an activating group) is 1. The molecule has 1 amide bonds. The first-order valence-corrected chi connectivity index (χ1v) is 7.17. The molecule has 1 aliphatic rings. The van der Waals surface area contributed by atoms with Gasteiger partial charge in [-0.1, -0.05) is 18.2 Å². The van der Waals surface area contributed by atoms with Gasteiger partial charge in [0.1, 0.15) is 0 Å². The van der Waals surface area contributed by atoms with Gasteiger partial charge < -0.3 is 10.7 Å². The smallest absolute Gasteiger partial charge is 0.254 e. The molecule has 0 atom stereocenters. The van der Waals surface area contributed by atoms with Crippen LogP contribution in [-0.4, -0.2) is 24.5 Å². The molecule has 0 radical (unpaired) electrons. The molecule has 0 unspecified atom stereocenters. The number of nitrogens with one attached hydrogen (secondary N) is 2. The molecule has 1 heterocycles. The summed E-state index contributed by atoms with van der Waals surface area (Å²) in [7, 11) is 1.79. The summed E-state index contributed by atoms with van der Waals surface area (Å²) >= 11 is 0. The second-order valence-corrected chi connectivity index (χ2v) is 5.41. The molecule has 0 spiro atoms. The summed E-state index contributed by atoms with van der Waals surface area (Å²) in [6.07, 6.45) is 1.58. The van der Waals surface area contributed by atoms with E-state index in [1.165, 1.54) is 0 Å². The summed E-state index contributed by atoms with van der Waals surface area (Å²) in [5, 5.41) is 4.44. The lowest BCUT2D eigenvalue weighted by molar-refractivity contribution is -0.112. The number of halogens is 3. The zero-order valence-electron chi connectivity index (χ0n) is 12.7. The summed E-state index contributed by atoms with van der Waals surface area (Å²) in [6.45, 7) is 0.424. The van der Waals surface area contributed by atoms with Gasteiger partial charge in [0, 0.05) is 31.0 Å². The van der Waals surface area contributed by atoms with Gasteiger partial charge in [0.2, 0.25) is 0 Å². The molecule has 3 rings (SSSR count). The van der Waals surface area contributed by atoms with Crippen molar-refractivity contribution in [3.63, 3.8) is 0 Å². The van der Waals surface area contributed by atoms with E-state index in [9.17, 15) is 18.0 Å². The van der Waals surface area contributed by atoms with E-state index in [1.54, 1.807) is 42.5 Å². The number of benzene rings is 2. The summed E-state index contributed by atoms with van der Waals surface area (Å²) in [5.41, 5.74) is 4.30. The third-order valence-corrected chi connectivity index (χ3v) is 3.63. The van der Waals surface area contributed by atoms with Crippen molar-refractivity contribution in [3.8, 4) is 11.1 Å². The van der Waals surface area contributed by atoms with Crippen LogP contribution in [0.5, 0.6) is 0 Å². The number of amides is 1.